The molecule has 3 heterocycles. The molecule has 0 aromatic heterocycles. The molecule has 4 unspecified atom stereocenters. The van der Waals surface area contributed by atoms with Gasteiger partial charge in [-0.15, -0.1) is 0 Å². The molecular weight excluding hydrogens is 254 g/mol. The van der Waals surface area contributed by atoms with Crippen molar-refractivity contribution in [2.75, 3.05) is 13.1 Å². The SMILES string of the molecule is CC1(OC(=O)N2CCCCC2)CC2C3CCC(O3)C2C1. The number of fused-ring (bicyclic) bond motifs is 5. The molecule has 112 valence electrons. The highest BCUT2D eigenvalue weighted by molar-refractivity contribution is 5.68. The summed E-state index contributed by atoms with van der Waals surface area (Å²) in [6, 6.07) is 0. The Bertz CT molecular complexity index is 387. The second-order valence-corrected chi connectivity index (χ2v) is 7.39. The molecule has 1 aliphatic carbocycles. The standard InChI is InChI=1S/C16H25NO3/c1-16(20-15(18)17-7-3-2-4-8-17)9-11-12(10-16)14-6-5-13(11)19-14/h11-14H,2-10H2,1H3. The maximum Gasteiger partial charge on any atom is 0.410 e. The summed E-state index contributed by atoms with van der Waals surface area (Å²) in [7, 11) is 0. The van der Waals surface area contributed by atoms with Gasteiger partial charge in [-0.25, -0.2) is 4.79 Å². The predicted octanol–water partition coefficient (Wildman–Crippen LogP) is 2.96. The van der Waals surface area contributed by atoms with E-state index in [4.69, 9.17) is 9.47 Å². The van der Waals surface area contributed by atoms with Crippen molar-refractivity contribution in [2.24, 2.45) is 11.8 Å². The van der Waals surface area contributed by atoms with Crippen LogP contribution in [-0.2, 0) is 9.47 Å². The summed E-state index contributed by atoms with van der Waals surface area (Å²) in [5, 5.41) is 0. The minimum atomic E-state index is -0.255. The summed E-state index contributed by atoms with van der Waals surface area (Å²) >= 11 is 0. The third-order valence-corrected chi connectivity index (χ3v) is 5.87. The Morgan fingerprint density at radius 2 is 1.70 bits per heavy atom. The number of ether oxygens (including phenoxy) is 2. The van der Waals surface area contributed by atoms with Crippen LogP contribution in [0.25, 0.3) is 0 Å². The van der Waals surface area contributed by atoms with Crippen LogP contribution >= 0.6 is 0 Å². The zero-order valence-corrected chi connectivity index (χ0v) is 12.3. The third kappa shape index (κ3) is 2.03. The van der Waals surface area contributed by atoms with Gasteiger partial charge in [-0.1, -0.05) is 0 Å². The van der Waals surface area contributed by atoms with Gasteiger partial charge in [-0.3, -0.25) is 0 Å². The van der Waals surface area contributed by atoms with Crippen LogP contribution in [0.4, 0.5) is 4.79 Å². The van der Waals surface area contributed by atoms with Crippen LogP contribution in [0.1, 0.15) is 51.9 Å². The number of likely N-dealkylation sites (tertiary alicyclic amines) is 1. The van der Waals surface area contributed by atoms with E-state index in [0.717, 1.165) is 38.8 Å². The van der Waals surface area contributed by atoms with Crippen molar-refractivity contribution in [1.82, 2.24) is 4.90 Å². The molecule has 0 aromatic carbocycles. The van der Waals surface area contributed by atoms with E-state index in [1.165, 1.54) is 19.3 Å². The van der Waals surface area contributed by atoms with E-state index < -0.39 is 0 Å². The topological polar surface area (TPSA) is 38.8 Å². The Morgan fingerprint density at radius 1 is 1.10 bits per heavy atom. The quantitative estimate of drug-likeness (QED) is 0.740. The Morgan fingerprint density at radius 3 is 2.30 bits per heavy atom. The third-order valence-electron chi connectivity index (χ3n) is 5.87. The van der Waals surface area contributed by atoms with Crippen LogP contribution in [0.2, 0.25) is 0 Å². The fraction of sp³-hybridized carbons (Fsp3) is 0.938. The highest BCUT2D eigenvalue weighted by Gasteiger charge is 2.58. The molecule has 4 nitrogen and oxygen atoms in total. The normalized spacial score (nSPS) is 46.5. The average molecular weight is 279 g/mol. The van der Waals surface area contributed by atoms with E-state index in [-0.39, 0.29) is 11.7 Å². The molecule has 0 spiro atoms. The average Bonchev–Trinajstić information content (AvgIpc) is 3.10. The number of hydrogen-bond donors (Lipinski definition) is 0. The van der Waals surface area contributed by atoms with Gasteiger partial charge < -0.3 is 14.4 Å². The number of nitrogens with zero attached hydrogens (tertiary/aromatic N) is 1. The van der Waals surface area contributed by atoms with Crippen LogP contribution in [0, 0.1) is 11.8 Å². The van der Waals surface area contributed by atoms with Gasteiger partial charge in [-0.05, 0) is 63.7 Å². The van der Waals surface area contributed by atoms with Crippen LogP contribution < -0.4 is 0 Å². The first kappa shape index (κ1) is 12.9. The summed E-state index contributed by atoms with van der Waals surface area (Å²) in [6.45, 7) is 3.87. The Balaban J connectivity index is 1.40. The molecule has 4 aliphatic rings. The van der Waals surface area contributed by atoms with Gasteiger partial charge in [0.2, 0.25) is 0 Å². The van der Waals surface area contributed by atoms with Crippen molar-refractivity contribution < 1.29 is 14.3 Å². The van der Waals surface area contributed by atoms with Crippen molar-refractivity contribution in [3.63, 3.8) is 0 Å². The maximum atomic E-state index is 12.3. The highest BCUT2D eigenvalue weighted by Crippen LogP contribution is 2.55. The lowest BCUT2D eigenvalue weighted by Crippen LogP contribution is -2.41. The van der Waals surface area contributed by atoms with E-state index in [1.807, 2.05) is 4.90 Å². The van der Waals surface area contributed by atoms with Crippen molar-refractivity contribution in [2.45, 2.75) is 69.7 Å². The lowest BCUT2D eigenvalue weighted by atomic mass is 9.82. The molecule has 3 saturated heterocycles. The van der Waals surface area contributed by atoms with Gasteiger partial charge >= 0.3 is 6.09 Å². The van der Waals surface area contributed by atoms with Gasteiger partial charge in [0, 0.05) is 13.1 Å². The molecule has 0 radical (unpaired) electrons. The molecule has 3 aliphatic heterocycles. The second kappa shape index (κ2) is 4.62. The van der Waals surface area contributed by atoms with E-state index in [2.05, 4.69) is 6.92 Å². The van der Waals surface area contributed by atoms with Gasteiger partial charge in [0.25, 0.3) is 0 Å². The van der Waals surface area contributed by atoms with Gasteiger partial charge in [0.15, 0.2) is 0 Å². The molecule has 20 heavy (non-hydrogen) atoms. The predicted molar refractivity (Wildman–Crippen MR) is 74.4 cm³/mol. The van der Waals surface area contributed by atoms with E-state index in [1.54, 1.807) is 0 Å². The second-order valence-electron chi connectivity index (χ2n) is 7.39. The number of carbonyl (C=O) groups excluding carboxylic acids is 1. The molecule has 1 amide bonds. The summed E-state index contributed by atoms with van der Waals surface area (Å²) in [5.74, 6) is 1.26. The molecule has 1 saturated carbocycles. The molecule has 0 N–H and O–H groups in total. The molecular formula is C16H25NO3. The van der Waals surface area contributed by atoms with Crippen molar-refractivity contribution in [3.05, 3.63) is 0 Å². The summed E-state index contributed by atoms with van der Waals surface area (Å²) in [6.07, 6.45) is 8.71. The summed E-state index contributed by atoms with van der Waals surface area (Å²) in [5.41, 5.74) is -0.255. The van der Waals surface area contributed by atoms with E-state index in [0.29, 0.717) is 24.0 Å². The smallest absolute Gasteiger partial charge is 0.410 e. The van der Waals surface area contributed by atoms with Crippen LogP contribution in [0.5, 0.6) is 0 Å². The van der Waals surface area contributed by atoms with Gasteiger partial charge in [-0.2, -0.15) is 0 Å². The van der Waals surface area contributed by atoms with Crippen LogP contribution in [0.15, 0.2) is 0 Å². The molecule has 4 atom stereocenters. The first-order valence-corrected chi connectivity index (χ1v) is 8.28. The summed E-state index contributed by atoms with van der Waals surface area (Å²) < 4.78 is 11.9. The fourth-order valence-electron chi connectivity index (χ4n) is 4.95. The molecule has 4 fully saturated rings. The first-order valence-electron chi connectivity index (χ1n) is 8.28. The Kier molecular flexibility index (Phi) is 2.99. The Hall–Kier alpha value is -0.770. The minimum Gasteiger partial charge on any atom is -0.443 e. The first-order chi connectivity index (χ1) is 9.65. The minimum absolute atomic E-state index is 0.0829. The largest absolute Gasteiger partial charge is 0.443 e. The monoisotopic (exact) mass is 279 g/mol. The molecule has 4 heteroatoms. The number of carbonyl (C=O) groups is 1. The lowest BCUT2D eigenvalue weighted by Gasteiger charge is -2.32. The molecule has 4 rings (SSSR count). The summed E-state index contributed by atoms with van der Waals surface area (Å²) in [4.78, 5) is 14.2. The van der Waals surface area contributed by atoms with Gasteiger partial charge in [0.05, 0.1) is 12.2 Å². The Labute approximate surface area is 120 Å². The van der Waals surface area contributed by atoms with E-state index >= 15 is 0 Å². The van der Waals surface area contributed by atoms with Crippen molar-refractivity contribution in [1.29, 1.82) is 0 Å². The molecule has 2 bridgehead atoms. The van der Waals surface area contributed by atoms with Crippen LogP contribution in [-0.4, -0.2) is 41.9 Å². The van der Waals surface area contributed by atoms with Gasteiger partial charge in [0.1, 0.15) is 5.60 Å². The van der Waals surface area contributed by atoms with Crippen LogP contribution in [0.3, 0.4) is 0 Å². The number of hydrogen-bond acceptors (Lipinski definition) is 3. The zero-order valence-electron chi connectivity index (χ0n) is 12.3. The zero-order chi connectivity index (χ0) is 13.7. The van der Waals surface area contributed by atoms with Crippen molar-refractivity contribution >= 4 is 6.09 Å². The number of amides is 1. The molecule has 0 aromatic rings. The van der Waals surface area contributed by atoms with E-state index in [9.17, 15) is 4.79 Å². The van der Waals surface area contributed by atoms with Crippen molar-refractivity contribution in [3.8, 4) is 0 Å². The fourth-order valence-corrected chi connectivity index (χ4v) is 4.95. The highest BCUT2D eigenvalue weighted by atomic mass is 16.6. The lowest BCUT2D eigenvalue weighted by molar-refractivity contribution is -0.0173. The number of piperidine rings is 1. The maximum absolute atomic E-state index is 12.3. The number of rotatable bonds is 1.